The van der Waals surface area contributed by atoms with Crippen LogP contribution in [0.25, 0.3) is 0 Å². The SMILES string of the molecule is CCCCCCCC/C=C\CCCCCCCC(=O)N(CC)CC.NCCN. The molecule has 28 heavy (non-hydrogen) atoms. The van der Waals surface area contributed by atoms with Crippen LogP contribution < -0.4 is 11.5 Å². The van der Waals surface area contributed by atoms with Crippen LogP contribution in [0.2, 0.25) is 0 Å². The zero-order chi connectivity index (χ0) is 21.3. The zero-order valence-corrected chi connectivity index (χ0v) is 19.4. The number of rotatable bonds is 18. The van der Waals surface area contributed by atoms with Gasteiger partial charge in [0, 0.05) is 32.6 Å². The number of amides is 1. The number of carbonyl (C=O) groups is 1. The van der Waals surface area contributed by atoms with Crippen molar-refractivity contribution in [2.24, 2.45) is 11.5 Å². The van der Waals surface area contributed by atoms with Crippen molar-refractivity contribution in [3.05, 3.63) is 12.2 Å². The number of allylic oxidation sites excluding steroid dienone is 2. The van der Waals surface area contributed by atoms with Crippen molar-refractivity contribution in [2.75, 3.05) is 26.2 Å². The average Bonchev–Trinajstić information content (AvgIpc) is 2.72. The smallest absolute Gasteiger partial charge is 0.222 e. The zero-order valence-electron chi connectivity index (χ0n) is 19.4. The van der Waals surface area contributed by atoms with Crippen LogP contribution in [0.3, 0.4) is 0 Å². The molecule has 4 N–H and O–H groups in total. The first-order valence-electron chi connectivity index (χ1n) is 12.0. The highest BCUT2D eigenvalue weighted by molar-refractivity contribution is 5.75. The van der Waals surface area contributed by atoms with Crippen LogP contribution in [-0.2, 0) is 4.79 Å². The highest BCUT2D eigenvalue weighted by atomic mass is 16.2. The molecule has 0 fully saturated rings. The fourth-order valence-corrected chi connectivity index (χ4v) is 3.08. The summed E-state index contributed by atoms with van der Waals surface area (Å²) in [4.78, 5) is 13.8. The van der Waals surface area contributed by atoms with Crippen LogP contribution in [0.15, 0.2) is 12.2 Å². The van der Waals surface area contributed by atoms with E-state index in [1.54, 1.807) is 0 Å². The Bertz CT molecular complexity index is 326. The highest BCUT2D eigenvalue weighted by Crippen LogP contribution is 2.10. The molecule has 0 rings (SSSR count). The third-order valence-corrected chi connectivity index (χ3v) is 4.94. The Morgan fingerprint density at radius 1 is 0.679 bits per heavy atom. The van der Waals surface area contributed by atoms with Gasteiger partial charge in [-0.3, -0.25) is 4.79 Å². The lowest BCUT2D eigenvalue weighted by Crippen LogP contribution is -2.30. The fourth-order valence-electron chi connectivity index (χ4n) is 3.08. The van der Waals surface area contributed by atoms with Crippen molar-refractivity contribution in [1.29, 1.82) is 0 Å². The molecule has 168 valence electrons. The maximum absolute atomic E-state index is 11.9. The van der Waals surface area contributed by atoms with E-state index in [0.29, 0.717) is 19.0 Å². The van der Waals surface area contributed by atoms with Gasteiger partial charge in [-0.2, -0.15) is 0 Å². The predicted octanol–water partition coefficient (Wildman–Crippen LogP) is 5.80. The number of hydrogen-bond donors (Lipinski definition) is 2. The van der Waals surface area contributed by atoms with Crippen LogP contribution in [-0.4, -0.2) is 37.0 Å². The minimum absolute atomic E-state index is 0.331. The van der Waals surface area contributed by atoms with Gasteiger partial charge in [-0.1, -0.05) is 70.4 Å². The average molecular weight is 398 g/mol. The van der Waals surface area contributed by atoms with E-state index in [-0.39, 0.29) is 0 Å². The number of unbranched alkanes of at least 4 members (excludes halogenated alkanes) is 11. The molecule has 4 nitrogen and oxygen atoms in total. The Hall–Kier alpha value is -0.870. The van der Waals surface area contributed by atoms with Crippen molar-refractivity contribution in [3.8, 4) is 0 Å². The molecule has 0 saturated heterocycles. The van der Waals surface area contributed by atoms with Gasteiger partial charge in [0.25, 0.3) is 0 Å². The van der Waals surface area contributed by atoms with Crippen LogP contribution >= 0.6 is 0 Å². The summed E-state index contributed by atoms with van der Waals surface area (Å²) in [5.41, 5.74) is 9.81. The minimum Gasteiger partial charge on any atom is -0.343 e. The van der Waals surface area contributed by atoms with Gasteiger partial charge in [0.15, 0.2) is 0 Å². The molecule has 0 radical (unpaired) electrons. The van der Waals surface area contributed by atoms with E-state index in [0.717, 1.165) is 25.9 Å². The quantitative estimate of drug-likeness (QED) is 0.227. The summed E-state index contributed by atoms with van der Waals surface area (Å²) >= 11 is 0. The second-order valence-corrected chi connectivity index (χ2v) is 7.48. The molecule has 0 spiro atoms. The maximum Gasteiger partial charge on any atom is 0.222 e. The van der Waals surface area contributed by atoms with E-state index < -0.39 is 0 Å². The summed E-state index contributed by atoms with van der Waals surface area (Å²) in [6.07, 6.45) is 22.5. The molecule has 0 bridgehead atoms. The second kappa shape index (κ2) is 26.1. The molecule has 0 atom stereocenters. The lowest BCUT2D eigenvalue weighted by atomic mass is 10.1. The van der Waals surface area contributed by atoms with E-state index in [4.69, 9.17) is 11.5 Å². The first kappa shape index (κ1) is 29.3. The summed E-state index contributed by atoms with van der Waals surface area (Å²) in [6.45, 7) is 9.28. The number of hydrogen-bond acceptors (Lipinski definition) is 3. The first-order chi connectivity index (χ1) is 13.7. The Morgan fingerprint density at radius 3 is 1.54 bits per heavy atom. The summed E-state index contributed by atoms with van der Waals surface area (Å²) in [5.74, 6) is 0.331. The Kier molecular flexibility index (Phi) is 27.4. The lowest BCUT2D eigenvalue weighted by molar-refractivity contribution is -0.130. The highest BCUT2D eigenvalue weighted by Gasteiger charge is 2.07. The molecule has 0 aliphatic carbocycles. The van der Waals surface area contributed by atoms with Gasteiger partial charge in [-0.25, -0.2) is 0 Å². The third kappa shape index (κ3) is 23.2. The minimum atomic E-state index is 0.331. The Morgan fingerprint density at radius 2 is 1.11 bits per heavy atom. The van der Waals surface area contributed by atoms with Crippen LogP contribution in [0.1, 0.15) is 111 Å². The molecule has 0 aromatic rings. The molecule has 0 aromatic carbocycles. The summed E-state index contributed by atoms with van der Waals surface area (Å²) < 4.78 is 0. The fraction of sp³-hybridized carbons (Fsp3) is 0.875. The van der Waals surface area contributed by atoms with Crippen LogP contribution in [0, 0.1) is 0 Å². The topological polar surface area (TPSA) is 72.3 Å². The van der Waals surface area contributed by atoms with Gasteiger partial charge in [-0.15, -0.1) is 0 Å². The van der Waals surface area contributed by atoms with Crippen molar-refractivity contribution in [3.63, 3.8) is 0 Å². The summed E-state index contributed by atoms with van der Waals surface area (Å²) in [6, 6.07) is 0. The maximum atomic E-state index is 11.9. The summed E-state index contributed by atoms with van der Waals surface area (Å²) in [7, 11) is 0. The van der Waals surface area contributed by atoms with Gasteiger partial charge < -0.3 is 16.4 Å². The molecule has 1 amide bonds. The molecule has 0 aliphatic rings. The third-order valence-electron chi connectivity index (χ3n) is 4.94. The van der Waals surface area contributed by atoms with Crippen molar-refractivity contribution in [1.82, 2.24) is 4.90 Å². The first-order valence-corrected chi connectivity index (χ1v) is 12.0. The standard InChI is InChI=1S/C22H43NO.C2H8N2/c1-4-7-8-9-10-11-12-13-14-15-16-17-18-19-20-21-22(24)23(5-2)6-3;3-1-2-4/h13-14H,4-12,15-21H2,1-3H3;1-4H2/b14-13-;. The van der Waals surface area contributed by atoms with Crippen molar-refractivity contribution < 1.29 is 4.79 Å². The number of nitrogens with zero attached hydrogens (tertiary/aromatic N) is 1. The van der Waals surface area contributed by atoms with E-state index >= 15 is 0 Å². The number of carbonyl (C=O) groups excluding carboxylic acids is 1. The van der Waals surface area contributed by atoms with E-state index in [1.165, 1.54) is 77.0 Å². The lowest BCUT2D eigenvalue weighted by Gasteiger charge is -2.18. The molecule has 0 unspecified atom stereocenters. The van der Waals surface area contributed by atoms with E-state index in [9.17, 15) is 4.79 Å². The van der Waals surface area contributed by atoms with Crippen molar-refractivity contribution in [2.45, 2.75) is 111 Å². The molecule has 0 saturated carbocycles. The van der Waals surface area contributed by atoms with Gasteiger partial charge >= 0.3 is 0 Å². The predicted molar refractivity (Wildman–Crippen MR) is 125 cm³/mol. The largest absolute Gasteiger partial charge is 0.343 e. The Balaban J connectivity index is 0. The molecule has 0 aromatic heterocycles. The van der Waals surface area contributed by atoms with Gasteiger partial charge in [0.1, 0.15) is 0 Å². The van der Waals surface area contributed by atoms with Crippen molar-refractivity contribution >= 4 is 5.91 Å². The molecule has 0 heterocycles. The molecular weight excluding hydrogens is 346 g/mol. The van der Waals surface area contributed by atoms with Gasteiger partial charge in [-0.05, 0) is 46.0 Å². The monoisotopic (exact) mass is 397 g/mol. The van der Waals surface area contributed by atoms with Crippen LogP contribution in [0.4, 0.5) is 0 Å². The second-order valence-electron chi connectivity index (χ2n) is 7.48. The number of nitrogens with two attached hydrogens (primary N) is 2. The van der Waals surface area contributed by atoms with Gasteiger partial charge in [0.05, 0.1) is 0 Å². The normalized spacial score (nSPS) is 10.8. The molecular formula is C24H51N3O. The van der Waals surface area contributed by atoms with Gasteiger partial charge in [0.2, 0.25) is 5.91 Å². The van der Waals surface area contributed by atoms with E-state index in [2.05, 4.69) is 32.9 Å². The van der Waals surface area contributed by atoms with E-state index in [1.807, 2.05) is 4.90 Å². The summed E-state index contributed by atoms with van der Waals surface area (Å²) in [5, 5.41) is 0. The van der Waals surface area contributed by atoms with Crippen LogP contribution in [0.5, 0.6) is 0 Å². The molecule has 4 heteroatoms. The molecule has 0 aliphatic heterocycles. The Labute approximate surface area is 176 Å².